The van der Waals surface area contributed by atoms with E-state index in [1.54, 1.807) is 17.1 Å². The summed E-state index contributed by atoms with van der Waals surface area (Å²) in [6.45, 7) is 0.843. The number of pyridine rings is 2. The number of nitrogens with two attached hydrogens (primary N) is 1. The van der Waals surface area contributed by atoms with Crippen LogP contribution in [0.2, 0.25) is 0 Å². The fraction of sp³-hybridized carbons (Fsp3) is 0.136. The molecular weight excluding hydrogens is 392 g/mol. The molecule has 0 spiro atoms. The van der Waals surface area contributed by atoms with Gasteiger partial charge in [0.15, 0.2) is 0 Å². The number of amides is 1. The van der Waals surface area contributed by atoms with Crippen LogP contribution in [-0.2, 0) is 17.9 Å². The summed E-state index contributed by atoms with van der Waals surface area (Å²) in [5, 5.41) is 16.2. The van der Waals surface area contributed by atoms with Gasteiger partial charge in [-0.2, -0.15) is 10.2 Å². The number of nitrogen functional groups attached to an aromatic ring is 1. The first-order chi connectivity index (χ1) is 15.2. The first kappa shape index (κ1) is 18.7. The molecular formula is C22H20N8O. The molecule has 4 heterocycles. The molecule has 9 nitrogen and oxygen atoms in total. The first-order valence-electron chi connectivity index (χ1n) is 9.90. The Labute approximate surface area is 177 Å². The van der Waals surface area contributed by atoms with Crippen molar-refractivity contribution in [2.45, 2.75) is 19.5 Å². The van der Waals surface area contributed by atoms with Crippen molar-refractivity contribution >= 4 is 33.5 Å². The van der Waals surface area contributed by atoms with Gasteiger partial charge in [0.05, 0.1) is 28.8 Å². The molecule has 0 radical (unpaired) electrons. The number of rotatable bonds is 6. The van der Waals surface area contributed by atoms with Gasteiger partial charge in [0, 0.05) is 42.5 Å². The quantitative estimate of drug-likeness (QED) is 0.393. The van der Waals surface area contributed by atoms with Crippen molar-refractivity contribution in [2.75, 3.05) is 5.73 Å². The summed E-state index contributed by atoms with van der Waals surface area (Å²) >= 11 is 0. The molecule has 31 heavy (non-hydrogen) atoms. The normalized spacial score (nSPS) is 11.2. The molecule has 0 aliphatic carbocycles. The van der Waals surface area contributed by atoms with Crippen LogP contribution >= 0.6 is 0 Å². The van der Waals surface area contributed by atoms with Gasteiger partial charge in [0.1, 0.15) is 11.3 Å². The lowest BCUT2D eigenvalue weighted by Gasteiger charge is -2.05. The molecule has 154 valence electrons. The Morgan fingerprint density at radius 3 is 2.90 bits per heavy atom. The molecule has 0 aliphatic heterocycles. The molecule has 5 rings (SSSR count). The van der Waals surface area contributed by atoms with Crippen LogP contribution < -0.4 is 11.1 Å². The molecule has 4 N–H and O–H groups in total. The average molecular weight is 412 g/mol. The van der Waals surface area contributed by atoms with E-state index in [1.807, 2.05) is 48.7 Å². The maximum Gasteiger partial charge on any atom is 0.222 e. The van der Waals surface area contributed by atoms with Gasteiger partial charge >= 0.3 is 0 Å². The van der Waals surface area contributed by atoms with Crippen LogP contribution in [0.5, 0.6) is 0 Å². The minimum atomic E-state index is -0.0650. The number of carbonyl (C=O) groups is 1. The fourth-order valence-corrected chi connectivity index (χ4v) is 3.51. The van der Waals surface area contributed by atoms with Crippen LogP contribution in [0.3, 0.4) is 0 Å². The van der Waals surface area contributed by atoms with Gasteiger partial charge in [0.2, 0.25) is 5.91 Å². The molecule has 1 amide bonds. The minimum absolute atomic E-state index is 0.0650. The van der Waals surface area contributed by atoms with Crippen molar-refractivity contribution in [1.29, 1.82) is 0 Å². The lowest BCUT2D eigenvalue weighted by molar-refractivity contribution is -0.121. The Morgan fingerprint density at radius 1 is 1.16 bits per heavy atom. The zero-order valence-electron chi connectivity index (χ0n) is 16.6. The topological polar surface area (TPSA) is 127 Å². The van der Waals surface area contributed by atoms with Crippen LogP contribution in [0.15, 0.2) is 61.1 Å². The van der Waals surface area contributed by atoms with Crippen LogP contribution in [0.1, 0.15) is 12.1 Å². The number of benzene rings is 1. The number of hydrogen-bond acceptors (Lipinski definition) is 6. The van der Waals surface area contributed by atoms with E-state index in [2.05, 4.69) is 30.6 Å². The Balaban J connectivity index is 1.35. The van der Waals surface area contributed by atoms with Crippen molar-refractivity contribution in [3.05, 3.63) is 66.7 Å². The maximum absolute atomic E-state index is 12.2. The van der Waals surface area contributed by atoms with E-state index in [0.29, 0.717) is 25.3 Å². The van der Waals surface area contributed by atoms with Crippen LogP contribution in [0.4, 0.5) is 5.82 Å². The van der Waals surface area contributed by atoms with E-state index >= 15 is 0 Å². The number of nitrogens with one attached hydrogen (secondary N) is 2. The molecule has 0 bridgehead atoms. The highest BCUT2D eigenvalue weighted by Gasteiger charge is 2.13. The van der Waals surface area contributed by atoms with Crippen LogP contribution in [0.25, 0.3) is 33.1 Å². The molecule has 0 saturated carbocycles. The summed E-state index contributed by atoms with van der Waals surface area (Å²) in [5.41, 5.74) is 10.3. The Kier molecular flexibility index (Phi) is 4.75. The number of carbonyl (C=O) groups excluding carboxylic acids is 1. The predicted molar refractivity (Wildman–Crippen MR) is 118 cm³/mol. The number of fused-ring (bicyclic) bond motifs is 3. The summed E-state index contributed by atoms with van der Waals surface area (Å²) in [6, 6.07) is 13.4. The Bertz CT molecular complexity index is 1360. The standard InChI is InChI=1S/C22H20N8O/c23-22-17-13-30(10-7-20(31)25-12-15-3-1-2-8-24-15)29-21(17)16-5-4-14(11-19(16)27-22)18-6-9-26-28-18/h1-6,8-9,11,13H,7,10,12H2,(H2,23,27)(H,25,31)(H,26,28). The lowest BCUT2D eigenvalue weighted by atomic mass is 10.1. The van der Waals surface area contributed by atoms with Gasteiger partial charge in [-0.25, -0.2) is 4.98 Å². The molecule has 5 aromatic rings. The number of nitrogens with zero attached hydrogens (tertiary/aromatic N) is 5. The monoisotopic (exact) mass is 412 g/mol. The predicted octanol–water partition coefficient (Wildman–Crippen LogP) is 2.66. The van der Waals surface area contributed by atoms with E-state index in [0.717, 1.165) is 38.8 Å². The molecule has 0 aliphatic rings. The van der Waals surface area contributed by atoms with E-state index in [9.17, 15) is 4.79 Å². The third kappa shape index (κ3) is 3.80. The highest BCUT2D eigenvalue weighted by atomic mass is 16.1. The van der Waals surface area contributed by atoms with E-state index in [-0.39, 0.29) is 5.91 Å². The molecule has 0 atom stereocenters. The lowest BCUT2D eigenvalue weighted by Crippen LogP contribution is -2.24. The fourth-order valence-electron chi connectivity index (χ4n) is 3.51. The largest absolute Gasteiger partial charge is 0.383 e. The summed E-state index contributed by atoms with van der Waals surface area (Å²) in [4.78, 5) is 21.0. The summed E-state index contributed by atoms with van der Waals surface area (Å²) in [7, 11) is 0. The molecule has 9 heteroatoms. The molecule has 4 aromatic heterocycles. The average Bonchev–Trinajstić information content (AvgIpc) is 3.47. The summed E-state index contributed by atoms with van der Waals surface area (Å²) in [5.74, 6) is 0.345. The Hall–Kier alpha value is -4.27. The van der Waals surface area contributed by atoms with Crippen molar-refractivity contribution in [3.63, 3.8) is 0 Å². The SMILES string of the molecule is Nc1nc2cc(-c3cc[nH]n3)ccc2c2nn(CCC(=O)NCc3ccccn3)cc12. The van der Waals surface area contributed by atoms with Gasteiger partial charge in [-0.15, -0.1) is 0 Å². The van der Waals surface area contributed by atoms with Crippen molar-refractivity contribution in [1.82, 2.24) is 35.3 Å². The third-order valence-electron chi connectivity index (χ3n) is 5.09. The number of anilines is 1. The molecule has 1 aromatic carbocycles. The highest BCUT2D eigenvalue weighted by Crippen LogP contribution is 2.29. The molecule has 0 fully saturated rings. The number of hydrogen-bond donors (Lipinski definition) is 3. The minimum Gasteiger partial charge on any atom is -0.383 e. The highest BCUT2D eigenvalue weighted by molar-refractivity contribution is 6.08. The van der Waals surface area contributed by atoms with Crippen LogP contribution in [-0.4, -0.2) is 35.9 Å². The summed E-state index contributed by atoms with van der Waals surface area (Å²) in [6.07, 6.45) is 5.62. The van der Waals surface area contributed by atoms with Crippen LogP contribution in [0, 0.1) is 0 Å². The smallest absolute Gasteiger partial charge is 0.222 e. The van der Waals surface area contributed by atoms with E-state index in [4.69, 9.17) is 5.73 Å². The second-order valence-corrected chi connectivity index (χ2v) is 7.19. The number of H-pyrrole nitrogens is 1. The van der Waals surface area contributed by atoms with Crippen molar-refractivity contribution < 1.29 is 4.79 Å². The maximum atomic E-state index is 12.2. The van der Waals surface area contributed by atoms with Gasteiger partial charge in [-0.05, 0) is 30.3 Å². The number of aryl methyl sites for hydroxylation is 1. The van der Waals surface area contributed by atoms with E-state index < -0.39 is 0 Å². The first-order valence-corrected chi connectivity index (χ1v) is 9.90. The molecule has 0 saturated heterocycles. The second kappa shape index (κ2) is 7.86. The van der Waals surface area contributed by atoms with Crippen molar-refractivity contribution in [3.8, 4) is 11.3 Å². The molecule has 0 unspecified atom stereocenters. The van der Waals surface area contributed by atoms with Gasteiger partial charge in [-0.3, -0.25) is 19.6 Å². The number of aromatic amines is 1. The third-order valence-corrected chi connectivity index (χ3v) is 5.09. The zero-order valence-corrected chi connectivity index (χ0v) is 16.6. The zero-order chi connectivity index (χ0) is 21.2. The summed E-state index contributed by atoms with van der Waals surface area (Å²) < 4.78 is 1.74. The van der Waals surface area contributed by atoms with E-state index in [1.165, 1.54) is 0 Å². The number of aromatic nitrogens is 6. The van der Waals surface area contributed by atoms with Gasteiger partial charge < -0.3 is 11.1 Å². The van der Waals surface area contributed by atoms with Crippen molar-refractivity contribution in [2.24, 2.45) is 0 Å². The van der Waals surface area contributed by atoms with Gasteiger partial charge in [-0.1, -0.05) is 12.1 Å². The second-order valence-electron chi connectivity index (χ2n) is 7.19. The van der Waals surface area contributed by atoms with Gasteiger partial charge in [0.25, 0.3) is 0 Å². The Morgan fingerprint density at radius 2 is 2.10 bits per heavy atom.